The van der Waals surface area contributed by atoms with E-state index < -0.39 is 17.7 Å². The van der Waals surface area contributed by atoms with Crippen LogP contribution in [0, 0.1) is 5.41 Å². The van der Waals surface area contributed by atoms with Crippen molar-refractivity contribution in [3.63, 3.8) is 0 Å². The van der Waals surface area contributed by atoms with Gasteiger partial charge in [-0.15, -0.1) is 0 Å². The van der Waals surface area contributed by atoms with E-state index in [1.54, 1.807) is 0 Å². The van der Waals surface area contributed by atoms with Crippen LogP contribution >= 0.6 is 0 Å². The molecule has 1 nitrogen and oxygen atoms in total. The molecule has 0 aliphatic rings. The highest BCUT2D eigenvalue weighted by atomic mass is 19.3. The molecular weight excluding hydrogens is 181 g/mol. The number of hydrogen-bond acceptors (Lipinski definition) is 1. The molecule has 0 amide bonds. The van der Waals surface area contributed by atoms with Crippen molar-refractivity contribution in [1.82, 2.24) is 0 Å². The lowest BCUT2D eigenvalue weighted by molar-refractivity contribution is -0.128. The highest BCUT2D eigenvalue weighted by molar-refractivity contribution is 4.71. The Kier molecular flexibility index (Phi) is 4.23. The van der Waals surface area contributed by atoms with Gasteiger partial charge in [0, 0.05) is 5.41 Å². The summed E-state index contributed by atoms with van der Waals surface area (Å²) in [5.74, 6) is -1.74. The number of halogens is 3. The van der Waals surface area contributed by atoms with Crippen LogP contribution in [0.15, 0.2) is 0 Å². The Morgan fingerprint density at radius 2 is 1.62 bits per heavy atom. The summed E-state index contributed by atoms with van der Waals surface area (Å²) >= 11 is 0. The molecule has 0 aromatic heterocycles. The molecule has 0 aromatic rings. The van der Waals surface area contributed by atoms with Crippen molar-refractivity contribution in [1.29, 1.82) is 0 Å². The molecule has 0 bridgehead atoms. The van der Waals surface area contributed by atoms with E-state index in [1.165, 1.54) is 27.7 Å². The maximum atomic E-state index is 12.8. The molecule has 0 unspecified atom stereocenters. The van der Waals surface area contributed by atoms with Crippen LogP contribution in [0.5, 0.6) is 0 Å². The zero-order valence-corrected chi connectivity index (χ0v) is 8.53. The fourth-order valence-electron chi connectivity index (χ4n) is 0.666. The first kappa shape index (κ1) is 12.8. The maximum absolute atomic E-state index is 12.8. The Morgan fingerprint density at radius 1 is 1.15 bits per heavy atom. The average molecular weight is 198 g/mol. The second-order valence-corrected chi connectivity index (χ2v) is 4.25. The first-order chi connectivity index (χ1) is 5.65. The number of ether oxygens (including phenoxy) is 1. The van der Waals surface area contributed by atoms with E-state index in [4.69, 9.17) is 4.74 Å². The molecule has 0 saturated carbocycles. The number of alkyl halides is 3. The van der Waals surface area contributed by atoms with Gasteiger partial charge in [-0.3, -0.25) is 0 Å². The zero-order valence-electron chi connectivity index (χ0n) is 8.53. The molecule has 0 saturated heterocycles. The van der Waals surface area contributed by atoms with Gasteiger partial charge in [-0.05, 0) is 20.3 Å². The fraction of sp³-hybridized carbons (Fsp3) is 1.00. The molecule has 0 aromatic carbocycles. The van der Waals surface area contributed by atoms with Gasteiger partial charge in [0.1, 0.15) is 0 Å². The third-order valence-electron chi connectivity index (χ3n) is 1.78. The van der Waals surface area contributed by atoms with Gasteiger partial charge in [-0.25, -0.2) is 13.2 Å². The smallest absolute Gasteiger partial charge is 0.243 e. The number of rotatable bonds is 5. The predicted molar refractivity (Wildman–Crippen MR) is 45.5 cm³/mol. The molecular formula is C9H17F3O. The van der Waals surface area contributed by atoms with Crippen molar-refractivity contribution in [2.75, 3.05) is 6.61 Å². The van der Waals surface area contributed by atoms with E-state index >= 15 is 0 Å². The molecule has 0 aliphatic heterocycles. The molecule has 0 spiro atoms. The van der Waals surface area contributed by atoms with E-state index in [-0.39, 0.29) is 13.0 Å². The van der Waals surface area contributed by atoms with Crippen molar-refractivity contribution in [2.45, 2.75) is 46.4 Å². The quantitative estimate of drug-likeness (QED) is 0.658. The van der Waals surface area contributed by atoms with E-state index in [0.717, 1.165) is 0 Å². The van der Waals surface area contributed by atoms with Gasteiger partial charge < -0.3 is 4.74 Å². The summed E-state index contributed by atoms with van der Waals surface area (Å²) < 4.78 is 42.0. The molecule has 0 fully saturated rings. The second kappa shape index (κ2) is 4.31. The van der Waals surface area contributed by atoms with Gasteiger partial charge in [0.25, 0.3) is 0 Å². The molecule has 0 N–H and O–H groups in total. The highest BCUT2D eigenvalue weighted by Gasteiger charge is 2.30. The molecule has 0 rings (SSSR count). The summed E-state index contributed by atoms with van der Waals surface area (Å²) in [6.45, 7) is 5.39. The lowest BCUT2D eigenvalue weighted by Gasteiger charge is -2.24. The van der Waals surface area contributed by atoms with Crippen molar-refractivity contribution in [3.8, 4) is 0 Å². The zero-order chi connectivity index (χ0) is 10.7. The van der Waals surface area contributed by atoms with Gasteiger partial charge in [-0.2, -0.15) is 0 Å². The van der Waals surface area contributed by atoms with Crippen molar-refractivity contribution in [2.24, 2.45) is 5.41 Å². The third-order valence-corrected chi connectivity index (χ3v) is 1.78. The topological polar surface area (TPSA) is 9.23 Å². The summed E-state index contributed by atoms with van der Waals surface area (Å²) in [7, 11) is 0. The molecule has 0 atom stereocenters. The van der Waals surface area contributed by atoms with Crippen LogP contribution in [-0.2, 0) is 4.74 Å². The normalized spacial score (nSPS) is 13.8. The van der Waals surface area contributed by atoms with Crippen molar-refractivity contribution >= 4 is 0 Å². The first-order valence-corrected chi connectivity index (χ1v) is 4.26. The van der Waals surface area contributed by atoms with E-state index in [9.17, 15) is 13.2 Å². The molecule has 0 heterocycles. The molecule has 0 radical (unpaired) electrons. The lowest BCUT2D eigenvalue weighted by Crippen LogP contribution is -2.26. The SMILES string of the molecule is CC(C)(F)OCCC(C)(C)C(F)F. The fourth-order valence-corrected chi connectivity index (χ4v) is 0.666. The van der Waals surface area contributed by atoms with Crippen LogP contribution in [0.3, 0.4) is 0 Å². The van der Waals surface area contributed by atoms with Crippen molar-refractivity contribution in [3.05, 3.63) is 0 Å². The van der Waals surface area contributed by atoms with Crippen LogP contribution in [0.25, 0.3) is 0 Å². The minimum absolute atomic E-state index is 0.0147. The maximum Gasteiger partial charge on any atom is 0.243 e. The molecule has 80 valence electrons. The summed E-state index contributed by atoms with van der Waals surface area (Å²) in [6, 6.07) is 0. The molecule has 4 heteroatoms. The summed E-state index contributed by atoms with van der Waals surface area (Å²) in [6.07, 6.45) is -2.25. The van der Waals surface area contributed by atoms with Crippen LogP contribution in [0.2, 0.25) is 0 Å². The van der Waals surface area contributed by atoms with Gasteiger partial charge in [-0.1, -0.05) is 13.8 Å². The minimum Gasteiger partial charge on any atom is -0.346 e. The Morgan fingerprint density at radius 3 is 1.92 bits per heavy atom. The molecule has 0 aliphatic carbocycles. The average Bonchev–Trinajstić information content (AvgIpc) is 1.82. The largest absolute Gasteiger partial charge is 0.346 e. The Hall–Kier alpha value is -0.250. The van der Waals surface area contributed by atoms with E-state index in [1.807, 2.05) is 0 Å². The van der Waals surface area contributed by atoms with Gasteiger partial charge in [0.15, 0.2) is 0 Å². The Balaban J connectivity index is 3.77. The summed E-state index contributed by atoms with van der Waals surface area (Å²) in [5, 5.41) is 0. The minimum atomic E-state index is -2.40. The monoisotopic (exact) mass is 198 g/mol. The third kappa shape index (κ3) is 5.91. The Bertz CT molecular complexity index is 149. The van der Waals surface area contributed by atoms with Crippen LogP contribution in [-0.4, -0.2) is 18.9 Å². The summed E-state index contributed by atoms with van der Waals surface area (Å²) in [4.78, 5) is 0. The predicted octanol–water partition coefficient (Wildman–Crippen LogP) is 3.39. The first-order valence-electron chi connectivity index (χ1n) is 4.26. The van der Waals surface area contributed by atoms with Crippen LogP contribution in [0.1, 0.15) is 34.1 Å². The van der Waals surface area contributed by atoms with Gasteiger partial charge in [0.2, 0.25) is 12.3 Å². The molecule has 13 heavy (non-hydrogen) atoms. The highest BCUT2D eigenvalue weighted by Crippen LogP contribution is 2.29. The Labute approximate surface area is 77.3 Å². The second-order valence-electron chi connectivity index (χ2n) is 4.25. The van der Waals surface area contributed by atoms with Crippen LogP contribution < -0.4 is 0 Å². The van der Waals surface area contributed by atoms with Crippen LogP contribution in [0.4, 0.5) is 13.2 Å². The van der Waals surface area contributed by atoms with E-state index in [0.29, 0.717) is 0 Å². The van der Waals surface area contributed by atoms with Gasteiger partial charge >= 0.3 is 0 Å². The lowest BCUT2D eigenvalue weighted by atomic mass is 9.90. The standard InChI is InChI=1S/C9H17F3O/c1-8(2,7(10)11)5-6-13-9(3,4)12/h7H,5-6H2,1-4H3. The van der Waals surface area contributed by atoms with Gasteiger partial charge in [0.05, 0.1) is 6.61 Å². The van der Waals surface area contributed by atoms with E-state index in [2.05, 4.69) is 0 Å². The number of hydrogen-bond donors (Lipinski definition) is 0. The van der Waals surface area contributed by atoms with Crippen molar-refractivity contribution < 1.29 is 17.9 Å². The summed E-state index contributed by atoms with van der Waals surface area (Å²) in [5.41, 5.74) is -1.11.